The zero-order chi connectivity index (χ0) is 25.5. The summed E-state index contributed by atoms with van der Waals surface area (Å²) in [7, 11) is 0. The molecule has 3 nitrogen and oxygen atoms in total. The number of benzene rings is 1. The number of aliphatic carboxylic acids is 1. The first-order valence-corrected chi connectivity index (χ1v) is 15.3. The van der Waals surface area contributed by atoms with Crippen LogP contribution in [0.15, 0.2) is 42.5 Å². The third kappa shape index (κ3) is 9.69. The van der Waals surface area contributed by atoms with Crippen molar-refractivity contribution in [2.24, 2.45) is 23.5 Å². The Hall–Kier alpha value is -1.61. The van der Waals surface area contributed by atoms with E-state index >= 15 is 0 Å². The fraction of sp³-hybridized carbons (Fsp3) is 0.727. The Morgan fingerprint density at radius 1 is 0.917 bits per heavy atom. The molecule has 0 unspecified atom stereocenters. The summed E-state index contributed by atoms with van der Waals surface area (Å²) in [6, 6.07) is 11.0. The first-order chi connectivity index (χ1) is 17.6. The maximum absolute atomic E-state index is 12.0. The topological polar surface area (TPSA) is 63.3 Å². The minimum absolute atomic E-state index is 0.132. The molecule has 0 aromatic heterocycles. The van der Waals surface area contributed by atoms with Gasteiger partial charge in [-0.1, -0.05) is 107 Å². The van der Waals surface area contributed by atoms with Gasteiger partial charge in [-0.3, -0.25) is 4.79 Å². The lowest BCUT2D eigenvalue weighted by Gasteiger charge is -2.42. The summed E-state index contributed by atoms with van der Waals surface area (Å²) >= 11 is 0. The molecule has 0 amide bonds. The molecule has 3 N–H and O–H groups in total. The van der Waals surface area contributed by atoms with Crippen LogP contribution in [-0.2, 0) is 10.2 Å². The molecule has 2 aliphatic carbocycles. The minimum atomic E-state index is -0.651. The Kier molecular flexibility index (Phi) is 13.1. The van der Waals surface area contributed by atoms with E-state index in [1.807, 2.05) is 0 Å². The molecule has 36 heavy (non-hydrogen) atoms. The summed E-state index contributed by atoms with van der Waals surface area (Å²) in [6.45, 7) is 0.653. The number of carboxylic acids is 1. The van der Waals surface area contributed by atoms with Crippen molar-refractivity contribution in [2.45, 2.75) is 127 Å². The summed E-state index contributed by atoms with van der Waals surface area (Å²) in [4.78, 5) is 12.0. The van der Waals surface area contributed by atoms with Gasteiger partial charge in [0.05, 0.1) is 0 Å². The third-order valence-electron chi connectivity index (χ3n) is 9.32. The first-order valence-electron chi connectivity index (χ1n) is 15.3. The largest absolute Gasteiger partial charge is 0.481 e. The predicted octanol–water partition coefficient (Wildman–Crippen LogP) is 8.81. The zero-order valence-corrected chi connectivity index (χ0v) is 22.8. The van der Waals surface area contributed by atoms with E-state index in [4.69, 9.17) is 5.73 Å². The second-order valence-electron chi connectivity index (χ2n) is 11.9. The molecule has 0 saturated heterocycles. The van der Waals surface area contributed by atoms with Crippen molar-refractivity contribution < 1.29 is 9.90 Å². The van der Waals surface area contributed by atoms with Crippen molar-refractivity contribution >= 4 is 5.97 Å². The van der Waals surface area contributed by atoms with Crippen LogP contribution in [0.3, 0.4) is 0 Å². The van der Waals surface area contributed by atoms with Crippen LogP contribution in [0.2, 0.25) is 0 Å². The quantitative estimate of drug-likeness (QED) is 0.178. The van der Waals surface area contributed by atoms with Crippen molar-refractivity contribution in [3.8, 4) is 0 Å². The fourth-order valence-corrected chi connectivity index (χ4v) is 7.30. The van der Waals surface area contributed by atoms with E-state index in [0.717, 1.165) is 31.6 Å². The molecule has 0 radical (unpaired) electrons. The monoisotopic (exact) mass is 495 g/mol. The maximum Gasteiger partial charge on any atom is 0.303 e. The lowest BCUT2D eigenvalue weighted by Crippen LogP contribution is -2.35. The lowest BCUT2D eigenvalue weighted by molar-refractivity contribution is -0.138. The number of allylic oxidation sites excluding steroid dienone is 2. The van der Waals surface area contributed by atoms with Gasteiger partial charge in [-0.15, -0.1) is 0 Å². The van der Waals surface area contributed by atoms with Crippen LogP contribution in [0.4, 0.5) is 0 Å². The summed E-state index contributed by atoms with van der Waals surface area (Å²) < 4.78 is 0. The van der Waals surface area contributed by atoms with E-state index < -0.39 is 5.97 Å². The number of hydrogen-bond acceptors (Lipinski definition) is 2. The van der Waals surface area contributed by atoms with Gasteiger partial charge in [0.15, 0.2) is 0 Å². The number of rotatable bonds is 16. The van der Waals surface area contributed by atoms with E-state index in [1.165, 1.54) is 95.5 Å². The number of carbonyl (C=O) groups is 1. The molecule has 1 aromatic rings. The van der Waals surface area contributed by atoms with Gasteiger partial charge in [-0.25, -0.2) is 0 Å². The second kappa shape index (κ2) is 16.3. The van der Waals surface area contributed by atoms with Gasteiger partial charge in [0.1, 0.15) is 0 Å². The Morgan fingerprint density at radius 2 is 1.61 bits per heavy atom. The second-order valence-corrected chi connectivity index (χ2v) is 11.9. The average molecular weight is 496 g/mol. The van der Waals surface area contributed by atoms with Crippen LogP contribution in [0.5, 0.6) is 0 Å². The smallest absolute Gasteiger partial charge is 0.303 e. The van der Waals surface area contributed by atoms with E-state index in [9.17, 15) is 9.90 Å². The number of unbranched alkanes of at least 4 members (excludes halogenated alkanes) is 2. The highest BCUT2D eigenvalue weighted by molar-refractivity contribution is 5.67. The van der Waals surface area contributed by atoms with Crippen LogP contribution in [0, 0.1) is 17.8 Å². The molecular weight excluding hydrogens is 442 g/mol. The Balaban J connectivity index is 1.53. The van der Waals surface area contributed by atoms with E-state index in [-0.39, 0.29) is 17.8 Å². The highest BCUT2D eigenvalue weighted by atomic mass is 16.4. The molecule has 2 aliphatic rings. The molecule has 0 aliphatic heterocycles. The van der Waals surface area contributed by atoms with Gasteiger partial charge in [0, 0.05) is 6.42 Å². The lowest BCUT2D eigenvalue weighted by atomic mass is 9.62. The van der Waals surface area contributed by atoms with Crippen molar-refractivity contribution in [1.82, 2.24) is 0 Å². The first kappa shape index (κ1) is 29.0. The van der Waals surface area contributed by atoms with Crippen LogP contribution in [0.25, 0.3) is 0 Å². The van der Waals surface area contributed by atoms with Crippen LogP contribution in [0.1, 0.15) is 128 Å². The summed E-state index contributed by atoms with van der Waals surface area (Å²) in [5, 5.41) is 9.83. The molecule has 202 valence electrons. The molecule has 2 atom stereocenters. The minimum Gasteiger partial charge on any atom is -0.481 e. The molecule has 0 bridgehead atoms. The fourth-order valence-electron chi connectivity index (χ4n) is 7.30. The number of hydrogen-bond donors (Lipinski definition) is 2. The Morgan fingerprint density at radius 3 is 2.31 bits per heavy atom. The van der Waals surface area contributed by atoms with Crippen LogP contribution >= 0.6 is 0 Å². The van der Waals surface area contributed by atoms with Crippen LogP contribution < -0.4 is 5.73 Å². The molecular formula is C33H53NO2. The molecule has 2 saturated carbocycles. The van der Waals surface area contributed by atoms with Gasteiger partial charge in [0.25, 0.3) is 0 Å². The highest BCUT2D eigenvalue weighted by Gasteiger charge is 2.38. The standard InChI is InChI=1S/C33H53NO2/c34-25-22-29(19-11-4-2-1-3-8-16-28-17-9-5-10-18-28)30(26-32(35)36)27-33(23-14-7-15-24-33)31-20-12-6-13-21-31/h1,3,6,12-13,20-21,28-30H,2,4-5,7-11,14-19,22-27,34H2,(H,35,36)/t29-,30+/m0/s1. The Labute approximate surface area is 221 Å². The SMILES string of the molecule is NCC[C@H](CCCCC=CCCC1CCCCC1)[C@H](CC(=O)O)CC1(c2ccccc2)CCCCC1. The van der Waals surface area contributed by atoms with Gasteiger partial charge >= 0.3 is 5.97 Å². The number of carboxylic acid groups (broad SMARTS) is 1. The average Bonchev–Trinajstić information content (AvgIpc) is 2.90. The van der Waals surface area contributed by atoms with Gasteiger partial charge in [-0.05, 0) is 86.6 Å². The molecule has 0 spiro atoms. The zero-order valence-electron chi connectivity index (χ0n) is 22.8. The number of nitrogens with two attached hydrogens (primary N) is 1. The van der Waals surface area contributed by atoms with Gasteiger partial charge in [-0.2, -0.15) is 0 Å². The predicted molar refractivity (Wildman–Crippen MR) is 152 cm³/mol. The summed E-state index contributed by atoms with van der Waals surface area (Å²) in [5.74, 6) is 0.927. The van der Waals surface area contributed by atoms with E-state index in [1.54, 1.807) is 0 Å². The normalized spacial score (nSPS) is 20.4. The van der Waals surface area contributed by atoms with Gasteiger partial charge < -0.3 is 10.8 Å². The molecule has 2 fully saturated rings. The molecule has 0 heterocycles. The summed E-state index contributed by atoms with van der Waals surface area (Å²) in [6.07, 6.45) is 27.6. The molecule has 3 rings (SSSR count). The highest BCUT2D eigenvalue weighted by Crippen LogP contribution is 2.47. The van der Waals surface area contributed by atoms with Crippen molar-refractivity contribution in [3.05, 3.63) is 48.0 Å². The van der Waals surface area contributed by atoms with E-state index in [0.29, 0.717) is 12.5 Å². The van der Waals surface area contributed by atoms with Crippen LogP contribution in [-0.4, -0.2) is 17.6 Å². The maximum atomic E-state index is 12.0. The van der Waals surface area contributed by atoms with Crippen molar-refractivity contribution in [1.29, 1.82) is 0 Å². The molecule has 1 aromatic carbocycles. The third-order valence-corrected chi connectivity index (χ3v) is 9.32. The van der Waals surface area contributed by atoms with Crippen molar-refractivity contribution in [2.75, 3.05) is 6.54 Å². The van der Waals surface area contributed by atoms with Crippen molar-refractivity contribution in [3.63, 3.8) is 0 Å². The summed E-state index contributed by atoms with van der Waals surface area (Å²) in [5.41, 5.74) is 7.62. The Bertz CT molecular complexity index is 746. The van der Waals surface area contributed by atoms with E-state index in [2.05, 4.69) is 42.5 Å². The van der Waals surface area contributed by atoms with Gasteiger partial charge in [0.2, 0.25) is 0 Å². The molecule has 3 heteroatoms.